The van der Waals surface area contributed by atoms with Crippen LogP contribution < -0.4 is 0 Å². The molecule has 0 heterocycles. The molecule has 22 heavy (non-hydrogen) atoms. The van der Waals surface area contributed by atoms with Crippen molar-refractivity contribution in [3.8, 4) is 0 Å². The molecule has 0 saturated heterocycles. The van der Waals surface area contributed by atoms with E-state index in [0.29, 0.717) is 11.8 Å². The van der Waals surface area contributed by atoms with E-state index >= 15 is 0 Å². The van der Waals surface area contributed by atoms with Gasteiger partial charge in [-0.15, -0.1) is 0 Å². The lowest BCUT2D eigenvalue weighted by molar-refractivity contribution is -0.137. The fourth-order valence-corrected chi connectivity index (χ4v) is 2.94. The van der Waals surface area contributed by atoms with Crippen LogP contribution in [-0.4, -0.2) is 11.1 Å². The Labute approximate surface area is 136 Å². The number of carboxylic acids is 1. The average Bonchev–Trinajstić information content (AvgIpc) is 2.72. The molecule has 0 aromatic rings. The van der Waals surface area contributed by atoms with E-state index in [2.05, 4.69) is 43.4 Å². The van der Waals surface area contributed by atoms with E-state index in [-0.39, 0.29) is 6.42 Å². The molecule has 0 aromatic carbocycles. The van der Waals surface area contributed by atoms with Gasteiger partial charge in [0.05, 0.1) is 0 Å². The predicted molar refractivity (Wildman–Crippen MR) is 93.9 cm³/mol. The largest absolute Gasteiger partial charge is 0.481 e. The predicted octanol–water partition coefficient (Wildman–Crippen LogP) is 5.91. The number of allylic oxidation sites excluding steroid dienone is 6. The summed E-state index contributed by atoms with van der Waals surface area (Å²) < 4.78 is 0. The van der Waals surface area contributed by atoms with Crippen molar-refractivity contribution in [3.05, 3.63) is 36.5 Å². The van der Waals surface area contributed by atoms with Gasteiger partial charge in [0.15, 0.2) is 0 Å². The van der Waals surface area contributed by atoms with Crippen molar-refractivity contribution in [1.29, 1.82) is 0 Å². The Morgan fingerprint density at radius 3 is 2.68 bits per heavy atom. The van der Waals surface area contributed by atoms with E-state index in [4.69, 9.17) is 5.11 Å². The Hall–Kier alpha value is -1.31. The summed E-state index contributed by atoms with van der Waals surface area (Å²) >= 11 is 0. The Balaban J connectivity index is 2.37. The first-order valence-electron chi connectivity index (χ1n) is 8.95. The van der Waals surface area contributed by atoms with Crippen molar-refractivity contribution in [1.82, 2.24) is 0 Å². The SMILES string of the molecule is CCCCCCCC1C=CCC=CC1/C=C/CCCC(=O)O. The summed E-state index contributed by atoms with van der Waals surface area (Å²) in [5.41, 5.74) is 0. The summed E-state index contributed by atoms with van der Waals surface area (Å²) in [4.78, 5) is 10.5. The van der Waals surface area contributed by atoms with Crippen LogP contribution in [0.3, 0.4) is 0 Å². The molecule has 0 spiro atoms. The second-order valence-electron chi connectivity index (χ2n) is 6.25. The first kappa shape index (κ1) is 18.7. The molecule has 1 N–H and O–H groups in total. The molecule has 0 fully saturated rings. The van der Waals surface area contributed by atoms with Gasteiger partial charge in [-0.3, -0.25) is 4.79 Å². The molecule has 2 nitrogen and oxygen atoms in total. The Bertz CT molecular complexity index is 379. The lowest BCUT2D eigenvalue weighted by Gasteiger charge is -2.18. The molecule has 2 heteroatoms. The van der Waals surface area contributed by atoms with Crippen LogP contribution in [-0.2, 0) is 4.79 Å². The number of unbranched alkanes of at least 4 members (excludes halogenated alkanes) is 5. The van der Waals surface area contributed by atoms with Crippen LogP contribution >= 0.6 is 0 Å². The summed E-state index contributed by atoms with van der Waals surface area (Å²) in [5, 5.41) is 8.66. The highest BCUT2D eigenvalue weighted by molar-refractivity contribution is 5.66. The Morgan fingerprint density at radius 1 is 1.14 bits per heavy atom. The van der Waals surface area contributed by atoms with Crippen LogP contribution in [0.4, 0.5) is 0 Å². The van der Waals surface area contributed by atoms with Gasteiger partial charge in [0.2, 0.25) is 0 Å². The van der Waals surface area contributed by atoms with E-state index in [1.54, 1.807) is 0 Å². The van der Waals surface area contributed by atoms with Gasteiger partial charge < -0.3 is 5.11 Å². The molecule has 2 atom stereocenters. The highest BCUT2D eigenvalue weighted by atomic mass is 16.4. The zero-order valence-electron chi connectivity index (χ0n) is 14.0. The lowest BCUT2D eigenvalue weighted by atomic mass is 9.87. The molecular weight excluding hydrogens is 272 g/mol. The molecule has 0 radical (unpaired) electrons. The molecule has 2 unspecified atom stereocenters. The maximum atomic E-state index is 10.5. The quantitative estimate of drug-likeness (QED) is 0.381. The highest BCUT2D eigenvalue weighted by Gasteiger charge is 2.14. The van der Waals surface area contributed by atoms with Crippen LogP contribution in [0.15, 0.2) is 36.5 Å². The molecule has 124 valence electrons. The van der Waals surface area contributed by atoms with E-state index in [1.807, 2.05) is 0 Å². The van der Waals surface area contributed by atoms with Crippen LogP contribution in [0.5, 0.6) is 0 Å². The van der Waals surface area contributed by atoms with Crippen molar-refractivity contribution in [2.75, 3.05) is 0 Å². The van der Waals surface area contributed by atoms with E-state index in [0.717, 1.165) is 19.3 Å². The number of hydrogen-bond acceptors (Lipinski definition) is 1. The van der Waals surface area contributed by atoms with Crippen molar-refractivity contribution in [2.45, 2.75) is 71.1 Å². The molecule has 1 aliphatic rings. The number of aliphatic carboxylic acids is 1. The zero-order chi connectivity index (χ0) is 16.0. The second kappa shape index (κ2) is 12.3. The number of hydrogen-bond donors (Lipinski definition) is 1. The monoisotopic (exact) mass is 304 g/mol. The minimum atomic E-state index is -0.698. The third-order valence-electron chi connectivity index (χ3n) is 4.27. The molecule has 0 aromatic heterocycles. The molecule has 0 amide bonds. The number of carbonyl (C=O) groups is 1. The minimum Gasteiger partial charge on any atom is -0.481 e. The smallest absolute Gasteiger partial charge is 0.303 e. The number of carboxylic acid groups (broad SMARTS) is 1. The summed E-state index contributed by atoms with van der Waals surface area (Å²) in [7, 11) is 0. The maximum Gasteiger partial charge on any atom is 0.303 e. The fourth-order valence-electron chi connectivity index (χ4n) is 2.94. The Morgan fingerprint density at radius 2 is 1.91 bits per heavy atom. The van der Waals surface area contributed by atoms with Crippen molar-refractivity contribution in [3.63, 3.8) is 0 Å². The topological polar surface area (TPSA) is 37.3 Å². The standard InChI is InChI=1S/C20H32O2/c1-2-3-4-5-8-13-18-14-9-6-10-15-19(18)16-11-7-12-17-20(21)22/h9-11,14-16,18-19H,2-8,12-13,17H2,1H3,(H,21,22)/b16-11+. The van der Waals surface area contributed by atoms with Gasteiger partial charge in [-0.05, 0) is 31.6 Å². The van der Waals surface area contributed by atoms with Crippen molar-refractivity contribution >= 4 is 5.97 Å². The summed E-state index contributed by atoms with van der Waals surface area (Å²) in [6, 6.07) is 0. The van der Waals surface area contributed by atoms with Gasteiger partial charge in [-0.2, -0.15) is 0 Å². The molecule has 0 bridgehead atoms. The van der Waals surface area contributed by atoms with Gasteiger partial charge in [0.1, 0.15) is 0 Å². The normalized spacial score (nSPS) is 21.3. The van der Waals surface area contributed by atoms with Crippen LogP contribution in [0.2, 0.25) is 0 Å². The van der Waals surface area contributed by atoms with Gasteiger partial charge in [-0.1, -0.05) is 75.5 Å². The first-order chi connectivity index (χ1) is 10.7. The fraction of sp³-hybridized carbons (Fsp3) is 0.650. The maximum absolute atomic E-state index is 10.5. The lowest BCUT2D eigenvalue weighted by Crippen LogP contribution is -2.07. The molecule has 1 rings (SSSR count). The zero-order valence-corrected chi connectivity index (χ0v) is 14.0. The van der Waals surface area contributed by atoms with E-state index < -0.39 is 5.97 Å². The van der Waals surface area contributed by atoms with E-state index in [9.17, 15) is 4.79 Å². The van der Waals surface area contributed by atoms with Gasteiger partial charge in [0, 0.05) is 12.3 Å². The van der Waals surface area contributed by atoms with Crippen molar-refractivity contribution < 1.29 is 9.90 Å². The van der Waals surface area contributed by atoms with Crippen molar-refractivity contribution in [2.24, 2.45) is 11.8 Å². The van der Waals surface area contributed by atoms with Gasteiger partial charge in [-0.25, -0.2) is 0 Å². The van der Waals surface area contributed by atoms with Crippen LogP contribution in [0.1, 0.15) is 71.1 Å². The molecule has 0 saturated carbocycles. The van der Waals surface area contributed by atoms with Gasteiger partial charge in [0.25, 0.3) is 0 Å². The van der Waals surface area contributed by atoms with Crippen LogP contribution in [0.25, 0.3) is 0 Å². The first-order valence-corrected chi connectivity index (χ1v) is 8.95. The van der Waals surface area contributed by atoms with E-state index in [1.165, 1.54) is 38.5 Å². The highest BCUT2D eigenvalue weighted by Crippen LogP contribution is 2.26. The summed E-state index contributed by atoms with van der Waals surface area (Å²) in [5.74, 6) is 0.390. The Kier molecular flexibility index (Phi) is 10.4. The summed E-state index contributed by atoms with van der Waals surface area (Å²) in [6.07, 6.45) is 24.5. The molecular formula is C20H32O2. The number of rotatable bonds is 11. The van der Waals surface area contributed by atoms with Gasteiger partial charge >= 0.3 is 5.97 Å². The van der Waals surface area contributed by atoms with Crippen LogP contribution in [0, 0.1) is 11.8 Å². The molecule has 0 aliphatic heterocycles. The molecule has 1 aliphatic carbocycles. The third kappa shape index (κ3) is 8.86. The summed E-state index contributed by atoms with van der Waals surface area (Å²) in [6.45, 7) is 2.25. The second-order valence-corrected chi connectivity index (χ2v) is 6.25. The average molecular weight is 304 g/mol. The minimum absolute atomic E-state index is 0.269. The third-order valence-corrected chi connectivity index (χ3v) is 4.27.